The molecule has 1 atom stereocenters. The quantitative estimate of drug-likeness (QED) is 0.790. The van der Waals surface area contributed by atoms with Gasteiger partial charge in [0.2, 0.25) is 0 Å². The molecule has 1 fully saturated rings. The van der Waals surface area contributed by atoms with Gasteiger partial charge in [-0.15, -0.1) is 0 Å². The highest BCUT2D eigenvalue weighted by atomic mass is 16.5. The number of ketones is 1. The van der Waals surface area contributed by atoms with Gasteiger partial charge in [-0.1, -0.05) is 13.8 Å². The second kappa shape index (κ2) is 4.62. The molecule has 0 radical (unpaired) electrons. The summed E-state index contributed by atoms with van der Waals surface area (Å²) in [5, 5.41) is 0. The molecule has 0 saturated carbocycles. The number of nitrogens with zero attached hydrogens (tertiary/aromatic N) is 2. The normalized spacial score (nSPS) is 29.1. The topological polar surface area (TPSA) is 52.1 Å². The summed E-state index contributed by atoms with van der Waals surface area (Å²) < 4.78 is 5.91. The van der Waals surface area contributed by atoms with E-state index < -0.39 is 5.60 Å². The molecule has 0 aromatic carbocycles. The number of carbonyl (C=O) groups is 1. The molecule has 1 saturated heterocycles. The molecule has 108 valence electrons. The third-order valence-corrected chi connectivity index (χ3v) is 4.40. The lowest BCUT2D eigenvalue weighted by Gasteiger charge is -2.34. The first-order valence-electron chi connectivity index (χ1n) is 7.43. The van der Waals surface area contributed by atoms with Crippen LogP contribution in [0, 0.1) is 5.41 Å². The molecular formula is C16H22N2O2. The van der Waals surface area contributed by atoms with Crippen LogP contribution in [-0.4, -0.2) is 22.4 Å². The van der Waals surface area contributed by atoms with Crippen LogP contribution in [0.15, 0.2) is 6.20 Å². The zero-order valence-electron chi connectivity index (χ0n) is 12.5. The van der Waals surface area contributed by atoms with E-state index in [1.54, 1.807) is 6.20 Å². The van der Waals surface area contributed by atoms with Gasteiger partial charge in [0.15, 0.2) is 11.6 Å². The van der Waals surface area contributed by atoms with Gasteiger partial charge in [0.25, 0.3) is 0 Å². The Bertz CT molecular complexity index is 545. The van der Waals surface area contributed by atoms with E-state index in [9.17, 15) is 4.79 Å². The largest absolute Gasteiger partial charge is 0.367 e. The molecule has 0 N–H and O–H groups in total. The highest BCUT2D eigenvalue weighted by molar-refractivity contribution is 5.98. The average molecular weight is 274 g/mol. The third-order valence-electron chi connectivity index (χ3n) is 4.40. The molecule has 2 aliphatic rings. The Morgan fingerprint density at radius 3 is 2.70 bits per heavy atom. The van der Waals surface area contributed by atoms with E-state index >= 15 is 0 Å². The van der Waals surface area contributed by atoms with E-state index in [1.807, 2.05) is 0 Å². The highest BCUT2D eigenvalue weighted by Crippen LogP contribution is 2.36. The van der Waals surface area contributed by atoms with Crippen LogP contribution in [0.2, 0.25) is 0 Å². The Hall–Kier alpha value is -1.29. The molecular weight excluding hydrogens is 252 g/mol. The lowest BCUT2D eigenvalue weighted by atomic mass is 9.76. The molecule has 1 aromatic heterocycles. The summed E-state index contributed by atoms with van der Waals surface area (Å²) >= 11 is 0. The molecule has 20 heavy (non-hydrogen) atoms. The molecule has 1 aromatic rings. The molecule has 1 unspecified atom stereocenters. The number of Topliss-reactive ketones (excluding diaryl/α,β-unsaturated/α-hetero) is 1. The summed E-state index contributed by atoms with van der Waals surface area (Å²) in [4.78, 5) is 21.3. The molecule has 3 rings (SSSR count). The minimum Gasteiger partial charge on any atom is -0.367 e. The standard InChI is InChI=1S/C16H22N2O2/c1-15(2)8-12-11(13(19)9-15)10-17-14(18-12)16(3)6-4-5-7-20-16/h10H,4-9H2,1-3H3. The predicted octanol–water partition coefficient (Wildman–Crippen LogP) is 3.05. The first-order valence-corrected chi connectivity index (χ1v) is 7.43. The van der Waals surface area contributed by atoms with Gasteiger partial charge in [0, 0.05) is 19.2 Å². The van der Waals surface area contributed by atoms with Gasteiger partial charge in [-0.2, -0.15) is 0 Å². The van der Waals surface area contributed by atoms with Crippen LogP contribution >= 0.6 is 0 Å². The highest BCUT2D eigenvalue weighted by Gasteiger charge is 2.36. The van der Waals surface area contributed by atoms with Crippen molar-refractivity contribution < 1.29 is 9.53 Å². The van der Waals surface area contributed by atoms with Crippen molar-refractivity contribution in [2.75, 3.05) is 6.61 Å². The second-order valence-corrected chi connectivity index (χ2v) is 7.03. The van der Waals surface area contributed by atoms with E-state index in [2.05, 4.69) is 25.8 Å². The second-order valence-electron chi connectivity index (χ2n) is 7.03. The Kier molecular flexibility index (Phi) is 3.16. The maximum absolute atomic E-state index is 12.2. The van der Waals surface area contributed by atoms with Crippen LogP contribution in [-0.2, 0) is 16.8 Å². The first kappa shape index (κ1) is 13.7. The summed E-state index contributed by atoms with van der Waals surface area (Å²) in [5.41, 5.74) is 1.20. The number of hydrogen-bond acceptors (Lipinski definition) is 4. The number of rotatable bonds is 1. The number of aromatic nitrogens is 2. The van der Waals surface area contributed by atoms with Gasteiger partial charge in [0.1, 0.15) is 5.60 Å². The molecule has 2 heterocycles. The van der Waals surface area contributed by atoms with Gasteiger partial charge in [-0.25, -0.2) is 9.97 Å². The van der Waals surface area contributed by atoms with E-state index in [1.165, 1.54) is 0 Å². The minimum absolute atomic E-state index is 0.00989. The SMILES string of the molecule is CC1(C)CC(=O)c2cnc(C3(C)CCCCO3)nc2C1. The van der Waals surface area contributed by atoms with E-state index in [0.717, 1.165) is 43.8 Å². The van der Waals surface area contributed by atoms with Crippen molar-refractivity contribution in [1.82, 2.24) is 9.97 Å². The average Bonchev–Trinajstić information content (AvgIpc) is 2.37. The Balaban J connectivity index is 1.98. The summed E-state index contributed by atoms with van der Waals surface area (Å²) in [7, 11) is 0. The summed E-state index contributed by atoms with van der Waals surface area (Å²) in [6.45, 7) is 7.06. The monoisotopic (exact) mass is 274 g/mol. The van der Waals surface area contributed by atoms with Gasteiger partial charge in [-0.05, 0) is 38.0 Å². The van der Waals surface area contributed by atoms with Crippen molar-refractivity contribution in [3.05, 3.63) is 23.3 Å². The van der Waals surface area contributed by atoms with Crippen molar-refractivity contribution in [2.24, 2.45) is 5.41 Å². The summed E-state index contributed by atoms with van der Waals surface area (Å²) in [6, 6.07) is 0. The fourth-order valence-corrected chi connectivity index (χ4v) is 3.20. The van der Waals surface area contributed by atoms with Crippen LogP contribution in [0.5, 0.6) is 0 Å². The molecule has 1 aliphatic carbocycles. The van der Waals surface area contributed by atoms with E-state index in [-0.39, 0.29) is 11.2 Å². The van der Waals surface area contributed by atoms with Crippen molar-refractivity contribution in [3.63, 3.8) is 0 Å². The van der Waals surface area contributed by atoms with Crippen LogP contribution < -0.4 is 0 Å². The summed E-state index contributed by atoms with van der Waals surface area (Å²) in [6.07, 6.45) is 6.31. The first-order chi connectivity index (χ1) is 9.40. The van der Waals surface area contributed by atoms with E-state index in [0.29, 0.717) is 12.0 Å². The van der Waals surface area contributed by atoms with Gasteiger partial charge in [-0.3, -0.25) is 4.79 Å². The van der Waals surface area contributed by atoms with Crippen molar-refractivity contribution in [3.8, 4) is 0 Å². The van der Waals surface area contributed by atoms with Gasteiger partial charge >= 0.3 is 0 Å². The zero-order chi connectivity index (χ0) is 14.4. The zero-order valence-corrected chi connectivity index (χ0v) is 12.5. The Morgan fingerprint density at radius 1 is 1.20 bits per heavy atom. The molecule has 0 spiro atoms. The lowest BCUT2D eigenvalue weighted by molar-refractivity contribution is -0.0762. The number of hydrogen-bond donors (Lipinski definition) is 0. The van der Waals surface area contributed by atoms with Gasteiger partial charge in [0.05, 0.1) is 11.3 Å². The molecule has 0 amide bonds. The predicted molar refractivity (Wildman–Crippen MR) is 75.6 cm³/mol. The number of fused-ring (bicyclic) bond motifs is 1. The molecule has 4 heteroatoms. The van der Waals surface area contributed by atoms with Gasteiger partial charge < -0.3 is 4.74 Å². The fourth-order valence-electron chi connectivity index (χ4n) is 3.20. The number of ether oxygens (including phenoxy) is 1. The minimum atomic E-state index is -0.391. The Labute approximate surface area is 120 Å². The third kappa shape index (κ3) is 2.37. The van der Waals surface area contributed by atoms with E-state index in [4.69, 9.17) is 9.72 Å². The van der Waals surface area contributed by atoms with Crippen LogP contribution in [0.25, 0.3) is 0 Å². The van der Waals surface area contributed by atoms with Crippen molar-refractivity contribution in [1.29, 1.82) is 0 Å². The molecule has 0 bridgehead atoms. The van der Waals surface area contributed by atoms with Crippen LogP contribution in [0.1, 0.15) is 68.3 Å². The summed E-state index contributed by atoms with van der Waals surface area (Å²) in [5.74, 6) is 0.902. The molecule has 4 nitrogen and oxygen atoms in total. The lowest BCUT2D eigenvalue weighted by Crippen LogP contribution is -2.34. The van der Waals surface area contributed by atoms with Crippen molar-refractivity contribution in [2.45, 2.75) is 58.5 Å². The van der Waals surface area contributed by atoms with Crippen LogP contribution in [0.4, 0.5) is 0 Å². The Morgan fingerprint density at radius 2 is 2.00 bits per heavy atom. The fraction of sp³-hybridized carbons (Fsp3) is 0.688. The maximum atomic E-state index is 12.2. The maximum Gasteiger partial charge on any atom is 0.166 e. The number of carbonyl (C=O) groups excluding carboxylic acids is 1. The smallest absolute Gasteiger partial charge is 0.166 e. The van der Waals surface area contributed by atoms with Crippen LogP contribution in [0.3, 0.4) is 0 Å². The molecule has 1 aliphatic heterocycles. The van der Waals surface area contributed by atoms with Crippen molar-refractivity contribution >= 4 is 5.78 Å².